The highest BCUT2D eigenvalue weighted by atomic mass is 14.8. The first-order valence-electron chi connectivity index (χ1n) is 13.4. The van der Waals surface area contributed by atoms with Crippen molar-refractivity contribution in [3.05, 3.63) is 24.3 Å². The van der Waals surface area contributed by atoms with E-state index in [1.807, 2.05) is 0 Å². The highest BCUT2D eigenvalue weighted by molar-refractivity contribution is 4.92. The number of nitrogens with one attached hydrogen (secondary N) is 1. The average Bonchev–Trinajstić information content (AvgIpc) is 2.74. The molecule has 0 fully saturated rings. The van der Waals surface area contributed by atoms with Crippen LogP contribution < -0.4 is 5.32 Å². The van der Waals surface area contributed by atoms with Gasteiger partial charge >= 0.3 is 0 Å². The second-order valence-corrected chi connectivity index (χ2v) is 8.81. The Labute approximate surface area is 185 Å². The van der Waals surface area contributed by atoms with Crippen molar-refractivity contribution in [3.8, 4) is 0 Å². The molecule has 0 saturated heterocycles. The third kappa shape index (κ3) is 27.4. The van der Waals surface area contributed by atoms with Crippen LogP contribution in [0.25, 0.3) is 0 Å². The molecule has 1 nitrogen and oxygen atoms in total. The van der Waals surface area contributed by atoms with Crippen LogP contribution in [0.4, 0.5) is 0 Å². The monoisotopic (exact) mass is 405 g/mol. The molecule has 0 aromatic rings. The van der Waals surface area contributed by atoms with E-state index in [0.717, 1.165) is 6.42 Å². The van der Waals surface area contributed by atoms with Crippen molar-refractivity contribution in [2.45, 2.75) is 142 Å². The molecule has 0 radical (unpaired) electrons. The van der Waals surface area contributed by atoms with Gasteiger partial charge in [-0.25, -0.2) is 0 Å². The van der Waals surface area contributed by atoms with Crippen molar-refractivity contribution in [2.24, 2.45) is 0 Å². The normalized spacial score (nSPS) is 11.9. The van der Waals surface area contributed by atoms with Gasteiger partial charge in [0.2, 0.25) is 0 Å². The Morgan fingerprint density at radius 1 is 0.414 bits per heavy atom. The predicted octanol–water partition coefficient (Wildman–Crippen LogP) is 9.53. The van der Waals surface area contributed by atoms with Crippen molar-refractivity contribution >= 4 is 0 Å². The number of allylic oxidation sites excluding steroid dienone is 4. The van der Waals surface area contributed by atoms with Gasteiger partial charge in [-0.2, -0.15) is 0 Å². The molecular weight excluding hydrogens is 350 g/mol. The first-order valence-corrected chi connectivity index (χ1v) is 13.4. The van der Waals surface area contributed by atoms with E-state index in [4.69, 9.17) is 0 Å². The summed E-state index contributed by atoms with van der Waals surface area (Å²) in [6, 6.07) is 0. The van der Waals surface area contributed by atoms with Crippen molar-refractivity contribution < 1.29 is 0 Å². The minimum absolute atomic E-state index is 1.12. The Bertz CT molecular complexity index is 331. The molecule has 0 aliphatic rings. The highest BCUT2D eigenvalue weighted by Crippen LogP contribution is 2.09. The molecule has 0 amide bonds. The van der Waals surface area contributed by atoms with Gasteiger partial charge in [0.15, 0.2) is 0 Å². The van der Waals surface area contributed by atoms with Gasteiger partial charge < -0.3 is 5.32 Å². The van der Waals surface area contributed by atoms with Gasteiger partial charge in [0.25, 0.3) is 0 Å². The van der Waals surface area contributed by atoms with Crippen molar-refractivity contribution in [1.82, 2.24) is 5.32 Å². The lowest BCUT2D eigenvalue weighted by atomic mass is 10.1. The van der Waals surface area contributed by atoms with E-state index < -0.39 is 0 Å². The van der Waals surface area contributed by atoms with Crippen LogP contribution in [0.2, 0.25) is 0 Å². The molecule has 0 aliphatic carbocycles. The van der Waals surface area contributed by atoms with Crippen molar-refractivity contribution in [2.75, 3.05) is 13.1 Å². The summed E-state index contributed by atoms with van der Waals surface area (Å²) in [6.07, 6.45) is 36.9. The van der Waals surface area contributed by atoms with E-state index in [9.17, 15) is 0 Å². The molecule has 0 unspecified atom stereocenters. The van der Waals surface area contributed by atoms with E-state index in [1.165, 1.54) is 135 Å². The first-order chi connectivity index (χ1) is 14.4. The molecule has 0 rings (SSSR count). The summed E-state index contributed by atoms with van der Waals surface area (Å²) in [6.45, 7) is 7.02. The smallest absolute Gasteiger partial charge is 0.00489 e. The fourth-order valence-electron chi connectivity index (χ4n) is 3.75. The van der Waals surface area contributed by atoms with Crippen LogP contribution in [-0.4, -0.2) is 13.1 Å². The van der Waals surface area contributed by atoms with E-state index in [-0.39, 0.29) is 0 Å². The number of hydrogen-bond acceptors (Lipinski definition) is 1. The van der Waals surface area contributed by atoms with Crippen LogP contribution in [0.3, 0.4) is 0 Å². The standard InChI is InChI=1S/C28H55N/c1-3-5-7-9-11-13-14-15-16-17-18-19-20-22-24-26-28-29-27-25-23-21-12-10-8-6-4-2/h11,13,15-16,29H,3-10,12,14,17-28H2,1-2H3. The van der Waals surface area contributed by atoms with Crippen LogP contribution in [0.1, 0.15) is 142 Å². The summed E-state index contributed by atoms with van der Waals surface area (Å²) in [4.78, 5) is 0. The van der Waals surface area contributed by atoms with Gasteiger partial charge in [0, 0.05) is 0 Å². The Morgan fingerprint density at radius 2 is 0.793 bits per heavy atom. The zero-order valence-corrected chi connectivity index (χ0v) is 20.4. The lowest BCUT2D eigenvalue weighted by Crippen LogP contribution is -2.16. The maximum Gasteiger partial charge on any atom is -0.00489 e. The zero-order valence-electron chi connectivity index (χ0n) is 20.4. The summed E-state index contributed by atoms with van der Waals surface area (Å²) in [5.74, 6) is 0. The van der Waals surface area contributed by atoms with Gasteiger partial charge in [0.1, 0.15) is 0 Å². The molecular formula is C28H55N. The maximum absolute atomic E-state index is 3.63. The molecule has 0 saturated carbocycles. The van der Waals surface area contributed by atoms with E-state index >= 15 is 0 Å². The number of hydrogen-bond donors (Lipinski definition) is 1. The lowest BCUT2D eigenvalue weighted by molar-refractivity contribution is 0.535. The van der Waals surface area contributed by atoms with Crippen LogP contribution in [0.15, 0.2) is 24.3 Å². The molecule has 172 valence electrons. The van der Waals surface area contributed by atoms with Gasteiger partial charge in [-0.1, -0.05) is 122 Å². The summed E-state index contributed by atoms with van der Waals surface area (Å²) in [5, 5.41) is 3.63. The second kappa shape index (κ2) is 27.4. The summed E-state index contributed by atoms with van der Waals surface area (Å²) in [7, 11) is 0. The fourth-order valence-corrected chi connectivity index (χ4v) is 3.75. The fraction of sp³-hybridized carbons (Fsp3) is 0.857. The van der Waals surface area contributed by atoms with E-state index in [2.05, 4.69) is 43.5 Å². The number of rotatable bonds is 24. The molecule has 0 aromatic heterocycles. The molecule has 0 aliphatic heterocycles. The molecule has 0 bridgehead atoms. The van der Waals surface area contributed by atoms with Gasteiger partial charge in [-0.15, -0.1) is 0 Å². The van der Waals surface area contributed by atoms with Crippen molar-refractivity contribution in [1.29, 1.82) is 0 Å². The van der Waals surface area contributed by atoms with Crippen LogP contribution in [0.5, 0.6) is 0 Å². The quantitative estimate of drug-likeness (QED) is 0.124. The Hall–Kier alpha value is -0.560. The minimum Gasteiger partial charge on any atom is -0.317 e. The minimum atomic E-state index is 1.12. The van der Waals surface area contributed by atoms with Gasteiger partial charge in [0.05, 0.1) is 0 Å². The Balaban J connectivity index is 3.09. The molecule has 0 heterocycles. The van der Waals surface area contributed by atoms with Crippen LogP contribution >= 0.6 is 0 Å². The van der Waals surface area contributed by atoms with Crippen LogP contribution in [0, 0.1) is 0 Å². The van der Waals surface area contributed by atoms with Crippen molar-refractivity contribution in [3.63, 3.8) is 0 Å². The number of unbranched alkanes of at least 4 members (excludes halogenated alkanes) is 16. The summed E-state index contributed by atoms with van der Waals surface area (Å²) < 4.78 is 0. The van der Waals surface area contributed by atoms with E-state index in [0.29, 0.717) is 0 Å². The second-order valence-electron chi connectivity index (χ2n) is 8.81. The lowest BCUT2D eigenvalue weighted by Gasteiger charge is -2.05. The van der Waals surface area contributed by atoms with Gasteiger partial charge in [-0.3, -0.25) is 0 Å². The van der Waals surface area contributed by atoms with E-state index in [1.54, 1.807) is 0 Å². The summed E-state index contributed by atoms with van der Waals surface area (Å²) >= 11 is 0. The molecule has 0 spiro atoms. The zero-order chi connectivity index (χ0) is 21.1. The Kier molecular flexibility index (Phi) is 26.9. The SMILES string of the molecule is CCCCCC=CCC=CCCCCCCCCNCCCCCCCCCC. The highest BCUT2D eigenvalue weighted by Gasteiger charge is 1.93. The predicted molar refractivity (Wildman–Crippen MR) is 135 cm³/mol. The van der Waals surface area contributed by atoms with Gasteiger partial charge in [-0.05, 0) is 58.0 Å². The average molecular weight is 406 g/mol. The third-order valence-corrected chi connectivity index (χ3v) is 5.76. The largest absolute Gasteiger partial charge is 0.317 e. The Morgan fingerprint density at radius 3 is 1.31 bits per heavy atom. The molecule has 29 heavy (non-hydrogen) atoms. The topological polar surface area (TPSA) is 12.0 Å². The summed E-state index contributed by atoms with van der Waals surface area (Å²) in [5.41, 5.74) is 0. The molecule has 0 aromatic carbocycles. The third-order valence-electron chi connectivity index (χ3n) is 5.76. The maximum atomic E-state index is 3.63. The first kappa shape index (κ1) is 28.4. The molecule has 1 heteroatoms. The molecule has 0 atom stereocenters. The molecule has 1 N–H and O–H groups in total. The van der Waals surface area contributed by atoms with Crippen LogP contribution in [-0.2, 0) is 0 Å².